The predicted octanol–water partition coefficient (Wildman–Crippen LogP) is 2.11. The van der Waals surface area contributed by atoms with Gasteiger partial charge in [0.1, 0.15) is 0 Å². The van der Waals surface area contributed by atoms with Gasteiger partial charge in [-0.05, 0) is 40.8 Å². The summed E-state index contributed by atoms with van der Waals surface area (Å²) in [5.74, 6) is 0. The van der Waals surface area contributed by atoms with Crippen LogP contribution in [0.1, 0.15) is 27.7 Å². The molecule has 0 aliphatic carbocycles. The standard InChI is InChI=1S/C8H21NOSi/c1-7-10-11(5,6)9-8(2,3)4/h9H,7H2,1-6H3. The lowest BCUT2D eigenvalue weighted by atomic mass is 10.1. The maximum absolute atomic E-state index is 5.63. The predicted molar refractivity (Wildman–Crippen MR) is 52.0 cm³/mol. The molecule has 0 bridgehead atoms. The molecule has 0 aliphatic rings. The van der Waals surface area contributed by atoms with Crippen LogP contribution in [-0.4, -0.2) is 20.6 Å². The average molecular weight is 175 g/mol. The van der Waals surface area contributed by atoms with Crippen molar-refractivity contribution in [1.82, 2.24) is 4.98 Å². The SMILES string of the molecule is CCO[Si](C)(C)NC(C)(C)C. The van der Waals surface area contributed by atoms with Crippen LogP contribution in [0, 0.1) is 0 Å². The topological polar surface area (TPSA) is 21.3 Å². The summed E-state index contributed by atoms with van der Waals surface area (Å²) in [4.78, 5) is 3.51. The van der Waals surface area contributed by atoms with E-state index in [0.717, 1.165) is 6.61 Å². The van der Waals surface area contributed by atoms with Crippen LogP contribution in [0.3, 0.4) is 0 Å². The molecule has 1 N–H and O–H groups in total. The van der Waals surface area contributed by atoms with Crippen LogP contribution in [0.15, 0.2) is 0 Å². The Bertz CT molecular complexity index is 118. The maximum Gasteiger partial charge on any atom is 0.262 e. The van der Waals surface area contributed by atoms with Crippen LogP contribution < -0.4 is 4.98 Å². The molecule has 3 heteroatoms. The van der Waals surface area contributed by atoms with Crippen molar-refractivity contribution in [2.45, 2.75) is 46.3 Å². The van der Waals surface area contributed by atoms with Crippen molar-refractivity contribution in [3.8, 4) is 0 Å². The molecule has 0 aromatic heterocycles. The molecule has 0 aliphatic heterocycles. The van der Waals surface area contributed by atoms with E-state index in [9.17, 15) is 0 Å². The molecule has 11 heavy (non-hydrogen) atoms. The Hall–Kier alpha value is 0.137. The van der Waals surface area contributed by atoms with Gasteiger partial charge in [0.2, 0.25) is 0 Å². The molecule has 0 radical (unpaired) electrons. The third-order valence-electron chi connectivity index (χ3n) is 1.18. The third kappa shape index (κ3) is 6.53. The van der Waals surface area contributed by atoms with Gasteiger partial charge in [-0.25, -0.2) is 0 Å². The van der Waals surface area contributed by atoms with Gasteiger partial charge in [0.05, 0.1) is 0 Å². The first-order chi connectivity index (χ1) is 4.77. The molecular formula is C8H21NOSi. The van der Waals surface area contributed by atoms with E-state index in [1.807, 2.05) is 6.92 Å². The Morgan fingerprint density at radius 3 is 2.00 bits per heavy atom. The molecule has 0 aromatic carbocycles. The second-order valence-electron chi connectivity index (χ2n) is 4.32. The van der Waals surface area contributed by atoms with Gasteiger partial charge in [-0.2, -0.15) is 0 Å². The number of hydrogen-bond donors (Lipinski definition) is 1. The molecule has 0 atom stereocenters. The Balaban J connectivity index is 3.91. The van der Waals surface area contributed by atoms with E-state index in [1.165, 1.54) is 0 Å². The van der Waals surface area contributed by atoms with E-state index in [2.05, 4.69) is 38.8 Å². The van der Waals surface area contributed by atoms with Gasteiger partial charge in [0.25, 0.3) is 8.48 Å². The smallest absolute Gasteiger partial charge is 0.262 e. The monoisotopic (exact) mass is 175 g/mol. The zero-order chi connectivity index (χ0) is 9.12. The highest BCUT2D eigenvalue weighted by molar-refractivity contribution is 6.68. The molecule has 0 fully saturated rings. The lowest BCUT2D eigenvalue weighted by Crippen LogP contribution is -2.56. The largest absolute Gasteiger partial charge is 0.404 e. The molecular weight excluding hydrogens is 154 g/mol. The Morgan fingerprint density at radius 2 is 1.73 bits per heavy atom. The second-order valence-corrected chi connectivity index (χ2v) is 7.88. The van der Waals surface area contributed by atoms with Crippen LogP contribution in [0.5, 0.6) is 0 Å². The molecule has 0 spiro atoms. The summed E-state index contributed by atoms with van der Waals surface area (Å²) in [6.07, 6.45) is 0. The van der Waals surface area contributed by atoms with Crippen molar-refractivity contribution in [1.29, 1.82) is 0 Å². The van der Waals surface area contributed by atoms with Crippen LogP contribution in [0.2, 0.25) is 13.1 Å². The third-order valence-corrected chi connectivity index (χ3v) is 3.54. The highest BCUT2D eigenvalue weighted by Gasteiger charge is 2.27. The second kappa shape index (κ2) is 3.69. The van der Waals surface area contributed by atoms with Gasteiger partial charge >= 0.3 is 0 Å². The summed E-state index contributed by atoms with van der Waals surface area (Å²) in [7, 11) is -1.59. The molecule has 0 heterocycles. The van der Waals surface area contributed by atoms with Gasteiger partial charge in [-0.3, -0.25) is 0 Å². The Kier molecular flexibility index (Phi) is 3.74. The van der Waals surface area contributed by atoms with E-state index >= 15 is 0 Å². The summed E-state index contributed by atoms with van der Waals surface area (Å²) in [5, 5.41) is 0. The minimum absolute atomic E-state index is 0.172. The number of nitrogens with one attached hydrogen (secondary N) is 1. The van der Waals surface area contributed by atoms with E-state index in [0.29, 0.717) is 0 Å². The minimum atomic E-state index is -1.59. The average Bonchev–Trinajstić information content (AvgIpc) is 1.55. The molecule has 0 saturated carbocycles. The van der Waals surface area contributed by atoms with Crippen molar-refractivity contribution >= 4 is 8.48 Å². The van der Waals surface area contributed by atoms with Crippen molar-refractivity contribution in [3.05, 3.63) is 0 Å². The lowest BCUT2D eigenvalue weighted by Gasteiger charge is -2.32. The fourth-order valence-corrected chi connectivity index (χ4v) is 3.90. The minimum Gasteiger partial charge on any atom is -0.404 e. The quantitative estimate of drug-likeness (QED) is 0.663. The molecule has 0 rings (SSSR count). The first-order valence-electron chi connectivity index (χ1n) is 4.20. The van der Waals surface area contributed by atoms with Crippen molar-refractivity contribution in [3.63, 3.8) is 0 Å². The van der Waals surface area contributed by atoms with Gasteiger partial charge in [-0.15, -0.1) is 0 Å². The molecule has 0 unspecified atom stereocenters. The Labute approximate surface area is 71.5 Å². The van der Waals surface area contributed by atoms with Gasteiger partial charge in [-0.1, -0.05) is 0 Å². The number of rotatable bonds is 3. The molecule has 0 amide bonds. The van der Waals surface area contributed by atoms with E-state index < -0.39 is 8.48 Å². The van der Waals surface area contributed by atoms with Crippen LogP contribution in [-0.2, 0) is 4.43 Å². The van der Waals surface area contributed by atoms with Crippen molar-refractivity contribution < 1.29 is 4.43 Å². The summed E-state index contributed by atoms with van der Waals surface area (Å²) in [6.45, 7) is 13.7. The van der Waals surface area contributed by atoms with Crippen molar-refractivity contribution in [2.24, 2.45) is 0 Å². The van der Waals surface area contributed by atoms with Crippen LogP contribution in [0.4, 0.5) is 0 Å². The highest BCUT2D eigenvalue weighted by atomic mass is 28.4. The van der Waals surface area contributed by atoms with Gasteiger partial charge in [0, 0.05) is 12.1 Å². The molecule has 0 aromatic rings. The summed E-state index contributed by atoms with van der Waals surface area (Å²) >= 11 is 0. The van der Waals surface area contributed by atoms with Gasteiger partial charge in [0.15, 0.2) is 0 Å². The van der Waals surface area contributed by atoms with E-state index in [1.54, 1.807) is 0 Å². The van der Waals surface area contributed by atoms with Crippen LogP contribution >= 0.6 is 0 Å². The molecule has 68 valence electrons. The fourth-order valence-electron chi connectivity index (χ4n) is 1.30. The summed E-state index contributed by atoms with van der Waals surface area (Å²) in [6, 6.07) is 0. The maximum atomic E-state index is 5.63. The lowest BCUT2D eigenvalue weighted by molar-refractivity contribution is 0.303. The molecule has 0 saturated heterocycles. The van der Waals surface area contributed by atoms with Crippen LogP contribution in [0.25, 0.3) is 0 Å². The normalized spacial score (nSPS) is 13.6. The van der Waals surface area contributed by atoms with Gasteiger partial charge < -0.3 is 9.41 Å². The molecule has 2 nitrogen and oxygen atoms in total. The van der Waals surface area contributed by atoms with Crippen molar-refractivity contribution in [2.75, 3.05) is 6.61 Å². The van der Waals surface area contributed by atoms with E-state index in [4.69, 9.17) is 4.43 Å². The highest BCUT2D eigenvalue weighted by Crippen LogP contribution is 2.07. The number of hydrogen-bond acceptors (Lipinski definition) is 2. The first-order valence-corrected chi connectivity index (χ1v) is 7.11. The fraction of sp³-hybridized carbons (Fsp3) is 1.00. The summed E-state index contributed by atoms with van der Waals surface area (Å²) in [5.41, 5.74) is 0.172. The summed E-state index contributed by atoms with van der Waals surface area (Å²) < 4.78 is 5.63. The zero-order valence-electron chi connectivity index (χ0n) is 8.62. The zero-order valence-corrected chi connectivity index (χ0v) is 9.62. The first kappa shape index (κ1) is 11.1. The Morgan fingerprint density at radius 1 is 1.27 bits per heavy atom. The van der Waals surface area contributed by atoms with E-state index in [-0.39, 0.29) is 5.54 Å².